The number of nitrogens with one attached hydrogen (secondary N) is 1. The number of aromatic amines is 1. The summed E-state index contributed by atoms with van der Waals surface area (Å²) >= 11 is 5.70. The van der Waals surface area contributed by atoms with Gasteiger partial charge in [0.1, 0.15) is 11.6 Å². The van der Waals surface area contributed by atoms with Gasteiger partial charge in [-0.1, -0.05) is 11.6 Å². The molecule has 17 heavy (non-hydrogen) atoms. The maximum absolute atomic E-state index is 12.0. The lowest BCUT2D eigenvalue weighted by atomic mass is 10.4. The summed E-state index contributed by atoms with van der Waals surface area (Å²) < 4.78 is 24.0. The molecule has 0 saturated heterocycles. The van der Waals surface area contributed by atoms with Gasteiger partial charge in [0, 0.05) is 5.02 Å². The van der Waals surface area contributed by atoms with Crippen molar-refractivity contribution in [1.29, 1.82) is 0 Å². The molecule has 0 unspecified atom stereocenters. The molecular formula is C10H10ClN3O2S. The number of sulfone groups is 1. The molecule has 1 N–H and O–H groups in total. The second-order valence-corrected chi connectivity index (χ2v) is 5.98. The predicted molar refractivity (Wildman–Crippen MR) is 63.5 cm³/mol. The number of benzene rings is 1. The third-order valence-corrected chi connectivity index (χ3v) is 4.02. The van der Waals surface area contributed by atoms with Gasteiger partial charge in [-0.05, 0) is 31.2 Å². The van der Waals surface area contributed by atoms with E-state index in [1.165, 1.54) is 24.3 Å². The van der Waals surface area contributed by atoms with Gasteiger partial charge < -0.3 is 0 Å². The van der Waals surface area contributed by atoms with E-state index in [-0.39, 0.29) is 16.5 Å². The van der Waals surface area contributed by atoms with Crippen LogP contribution in [0.25, 0.3) is 0 Å². The third kappa shape index (κ3) is 2.83. The fourth-order valence-corrected chi connectivity index (χ4v) is 2.66. The highest BCUT2D eigenvalue weighted by atomic mass is 35.5. The molecule has 0 atom stereocenters. The summed E-state index contributed by atoms with van der Waals surface area (Å²) in [5, 5.41) is 6.91. The molecule has 1 aromatic heterocycles. The first-order chi connectivity index (χ1) is 7.97. The van der Waals surface area contributed by atoms with E-state index < -0.39 is 9.84 Å². The van der Waals surface area contributed by atoms with Crippen LogP contribution in [0, 0.1) is 6.92 Å². The molecule has 1 aromatic carbocycles. The smallest absolute Gasteiger partial charge is 0.185 e. The van der Waals surface area contributed by atoms with Crippen LogP contribution in [0.3, 0.4) is 0 Å². The van der Waals surface area contributed by atoms with E-state index in [9.17, 15) is 8.42 Å². The zero-order chi connectivity index (χ0) is 12.5. The minimum Gasteiger partial charge on any atom is -0.263 e. The van der Waals surface area contributed by atoms with Crippen LogP contribution in [-0.4, -0.2) is 23.6 Å². The van der Waals surface area contributed by atoms with E-state index in [2.05, 4.69) is 15.2 Å². The zero-order valence-electron chi connectivity index (χ0n) is 9.01. The standard InChI is InChI=1S/C10H10ClN3O2S/c1-7-12-10(14-13-7)6-17(15,16)9-4-2-8(11)3-5-9/h2-5H,6H2,1H3,(H,12,13,14). The van der Waals surface area contributed by atoms with Gasteiger partial charge in [-0.3, -0.25) is 5.10 Å². The van der Waals surface area contributed by atoms with E-state index in [0.717, 1.165) is 0 Å². The Hall–Kier alpha value is -1.40. The molecule has 0 spiro atoms. The predicted octanol–water partition coefficient (Wildman–Crippen LogP) is 1.74. The van der Waals surface area contributed by atoms with Crippen molar-refractivity contribution >= 4 is 21.4 Å². The van der Waals surface area contributed by atoms with Crippen molar-refractivity contribution in [2.75, 3.05) is 0 Å². The largest absolute Gasteiger partial charge is 0.263 e. The lowest BCUT2D eigenvalue weighted by Crippen LogP contribution is -2.06. The highest BCUT2D eigenvalue weighted by Gasteiger charge is 2.17. The number of halogens is 1. The van der Waals surface area contributed by atoms with Crippen LogP contribution in [0.15, 0.2) is 29.2 Å². The van der Waals surface area contributed by atoms with Gasteiger partial charge in [-0.15, -0.1) is 0 Å². The second-order valence-electron chi connectivity index (χ2n) is 3.55. The number of hydrogen-bond donors (Lipinski definition) is 1. The Kier molecular flexibility index (Phi) is 3.17. The fourth-order valence-electron chi connectivity index (χ4n) is 1.35. The average molecular weight is 272 g/mol. The summed E-state index contributed by atoms with van der Waals surface area (Å²) in [6.45, 7) is 1.71. The van der Waals surface area contributed by atoms with Gasteiger partial charge in [-0.2, -0.15) is 5.10 Å². The van der Waals surface area contributed by atoms with E-state index in [1.807, 2.05) is 0 Å². The fraction of sp³-hybridized carbons (Fsp3) is 0.200. The maximum atomic E-state index is 12.0. The molecule has 0 aliphatic rings. The van der Waals surface area contributed by atoms with Gasteiger partial charge in [0.2, 0.25) is 0 Å². The maximum Gasteiger partial charge on any atom is 0.185 e. The molecule has 2 aromatic rings. The Morgan fingerprint density at radius 1 is 1.29 bits per heavy atom. The van der Waals surface area contributed by atoms with Crippen molar-refractivity contribution in [3.63, 3.8) is 0 Å². The third-order valence-electron chi connectivity index (χ3n) is 2.14. The minimum absolute atomic E-state index is 0.212. The summed E-state index contributed by atoms with van der Waals surface area (Å²) in [6, 6.07) is 6.02. The summed E-state index contributed by atoms with van der Waals surface area (Å²) in [4.78, 5) is 4.18. The molecule has 1 heterocycles. The molecule has 90 valence electrons. The molecule has 0 fully saturated rings. The summed E-state index contributed by atoms with van der Waals surface area (Å²) in [5.74, 6) is 0.627. The van der Waals surface area contributed by atoms with Gasteiger partial charge in [0.15, 0.2) is 15.7 Å². The quantitative estimate of drug-likeness (QED) is 0.923. The molecule has 0 saturated carbocycles. The van der Waals surface area contributed by atoms with E-state index in [1.54, 1.807) is 6.92 Å². The normalized spacial score (nSPS) is 11.6. The molecular weight excluding hydrogens is 262 g/mol. The van der Waals surface area contributed by atoms with E-state index >= 15 is 0 Å². The summed E-state index contributed by atoms with van der Waals surface area (Å²) in [7, 11) is -3.42. The molecule has 2 rings (SSSR count). The van der Waals surface area contributed by atoms with Crippen molar-refractivity contribution in [1.82, 2.24) is 15.2 Å². The summed E-state index contributed by atoms with van der Waals surface area (Å²) in [6.07, 6.45) is 0. The summed E-state index contributed by atoms with van der Waals surface area (Å²) in [5.41, 5.74) is 0. The minimum atomic E-state index is -3.42. The van der Waals surface area contributed by atoms with Gasteiger partial charge in [-0.25, -0.2) is 13.4 Å². The molecule has 0 amide bonds. The van der Waals surface area contributed by atoms with E-state index in [0.29, 0.717) is 10.8 Å². The topological polar surface area (TPSA) is 75.7 Å². The Balaban J connectivity index is 2.28. The highest BCUT2D eigenvalue weighted by Crippen LogP contribution is 2.17. The first kappa shape index (κ1) is 12.1. The number of aromatic nitrogens is 3. The average Bonchev–Trinajstić information content (AvgIpc) is 2.63. The van der Waals surface area contributed by atoms with Crippen LogP contribution >= 0.6 is 11.6 Å². The number of hydrogen-bond acceptors (Lipinski definition) is 4. The molecule has 0 radical (unpaired) electrons. The SMILES string of the molecule is Cc1nc(CS(=O)(=O)c2ccc(Cl)cc2)n[nH]1. The second kappa shape index (κ2) is 4.46. The van der Waals surface area contributed by atoms with Crippen LogP contribution < -0.4 is 0 Å². The molecule has 0 bridgehead atoms. The van der Waals surface area contributed by atoms with Crippen molar-refractivity contribution in [2.45, 2.75) is 17.6 Å². The van der Waals surface area contributed by atoms with Gasteiger partial charge in [0.05, 0.1) is 4.90 Å². The van der Waals surface area contributed by atoms with Crippen LogP contribution in [-0.2, 0) is 15.6 Å². The number of aryl methyl sites for hydroxylation is 1. The Labute approximate surface area is 104 Å². The van der Waals surface area contributed by atoms with Crippen LogP contribution in [0.2, 0.25) is 5.02 Å². The lowest BCUT2D eigenvalue weighted by molar-refractivity contribution is 0.594. The first-order valence-corrected chi connectivity index (χ1v) is 6.86. The van der Waals surface area contributed by atoms with Crippen molar-refractivity contribution < 1.29 is 8.42 Å². The highest BCUT2D eigenvalue weighted by molar-refractivity contribution is 7.90. The van der Waals surface area contributed by atoms with E-state index in [4.69, 9.17) is 11.6 Å². The van der Waals surface area contributed by atoms with Crippen LogP contribution in [0.4, 0.5) is 0 Å². The molecule has 0 aliphatic carbocycles. The van der Waals surface area contributed by atoms with Crippen molar-refractivity contribution in [2.24, 2.45) is 0 Å². The Morgan fingerprint density at radius 3 is 2.47 bits per heavy atom. The lowest BCUT2D eigenvalue weighted by Gasteiger charge is -2.01. The number of rotatable bonds is 3. The molecule has 5 nitrogen and oxygen atoms in total. The van der Waals surface area contributed by atoms with Crippen LogP contribution in [0.1, 0.15) is 11.6 Å². The Bertz CT molecular complexity index is 619. The number of nitrogens with zero attached hydrogens (tertiary/aromatic N) is 2. The van der Waals surface area contributed by atoms with Crippen molar-refractivity contribution in [3.05, 3.63) is 40.9 Å². The zero-order valence-corrected chi connectivity index (χ0v) is 10.6. The van der Waals surface area contributed by atoms with Crippen molar-refractivity contribution in [3.8, 4) is 0 Å². The van der Waals surface area contributed by atoms with Crippen LogP contribution in [0.5, 0.6) is 0 Å². The number of H-pyrrole nitrogens is 1. The first-order valence-electron chi connectivity index (χ1n) is 4.83. The molecule has 0 aliphatic heterocycles. The molecule has 7 heteroatoms. The monoisotopic (exact) mass is 271 g/mol. The van der Waals surface area contributed by atoms with Gasteiger partial charge >= 0.3 is 0 Å². The van der Waals surface area contributed by atoms with Gasteiger partial charge in [0.25, 0.3) is 0 Å². The Morgan fingerprint density at radius 2 is 1.94 bits per heavy atom.